The van der Waals surface area contributed by atoms with Crippen LogP contribution in [0.2, 0.25) is 5.15 Å². The fraction of sp³-hybridized carbons (Fsp3) is 0.688. The average molecular weight is 359 g/mol. The molecule has 1 fully saturated rings. The van der Waals surface area contributed by atoms with Gasteiger partial charge in [-0.25, -0.2) is 9.97 Å². The smallest absolute Gasteiger partial charge is 0.223 e. The van der Waals surface area contributed by atoms with Gasteiger partial charge in [0.15, 0.2) is 5.79 Å². The highest BCUT2D eigenvalue weighted by atomic mass is 35.5. The summed E-state index contributed by atoms with van der Waals surface area (Å²) in [4.78, 5) is 19.9. The molecule has 24 heavy (non-hydrogen) atoms. The summed E-state index contributed by atoms with van der Waals surface area (Å²) >= 11 is 5.81. The first-order valence-electron chi connectivity index (χ1n) is 8.04. The second-order valence-corrected chi connectivity index (χ2v) is 7.12. The van der Waals surface area contributed by atoms with Gasteiger partial charge in [-0.15, -0.1) is 0 Å². The second kappa shape index (κ2) is 9.15. The zero-order chi connectivity index (χ0) is 18.3. The minimum atomic E-state index is -1.50. The Bertz CT molecular complexity index is 528. The number of nitrogens with one attached hydrogen (secondary N) is 2. The SMILES string of the molecule is CC(C)(O)O.CC(C)NC(=O)C1CCC(Nc2cc(Cl)ncn2)C1. The van der Waals surface area contributed by atoms with Crippen molar-refractivity contribution in [2.75, 3.05) is 5.32 Å². The number of amides is 1. The van der Waals surface area contributed by atoms with Crippen molar-refractivity contribution in [3.8, 4) is 0 Å². The maximum atomic E-state index is 11.9. The molecule has 2 rings (SSSR count). The number of hydrogen-bond donors (Lipinski definition) is 4. The highest BCUT2D eigenvalue weighted by Crippen LogP contribution is 2.28. The third-order valence-corrected chi connectivity index (χ3v) is 3.43. The molecule has 7 nitrogen and oxygen atoms in total. The fourth-order valence-corrected chi connectivity index (χ4v) is 2.52. The fourth-order valence-electron chi connectivity index (χ4n) is 2.37. The Morgan fingerprint density at radius 1 is 1.33 bits per heavy atom. The van der Waals surface area contributed by atoms with Gasteiger partial charge in [-0.3, -0.25) is 4.79 Å². The van der Waals surface area contributed by atoms with Crippen LogP contribution in [0.15, 0.2) is 12.4 Å². The van der Waals surface area contributed by atoms with E-state index in [1.807, 2.05) is 13.8 Å². The Labute approximate surface area is 147 Å². The van der Waals surface area contributed by atoms with Gasteiger partial charge in [0.25, 0.3) is 0 Å². The van der Waals surface area contributed by atoms with E-state index < -0.39 is 5.79 Å². The van der Waals surface area contributed by atoms with Gasteiger partial charge in [0, 0.05) is 24.1 Å². The predicted molar refractivity (Wildman–Crippen MR) is 93.6 cm³/mol. The number of carbonyl (C=O) groups is 1. The zero-order valence-corrected chi connectivity index (χ0v) is 15.3. The molecule has 136 valence electrons. The van der Waals surface area contributed by atoms with Crippen LogP contribution in [0.3, 0.4) is 0 Å². The molecular weight excluding hydrogens is 332 g/mol. The van der Waals surface area contributed by atoms with Gasteiger partial charge >= 0.3 is 0 Å². The number of halogens is 1. The molecule has 1 aliphatic carbocycles. The molecule has 4 N–H and O–H groups in total. The van der Waals surface area contributed by atoms with Crippen molar-refractivity contribution in [2.24, 2.45) is 5.92 Å². The van der Waals surface area contributed by atoms with Crippen LogP contribution in [0.25, 0.3) is 0 Å². The molecule has 2 atom stereocenters. The van der Waals surface area contributed by atoms with Crippen LogP contribution in [-0.4, -0.2) is 44.0 Å². The van der Waals surface area contributed by atoms with E-state index in [4.69, 9.17) is 21.8 Å². The van der Waals surface area contributed by atoms with E-state index in [-0.39, 0.29) is 23.9 Å². The normalized spacial score (nSPS) is 20.3. The van der Waals surface area contributed by atoms with Gasteiger partial charge in [0.05, 0.1) is 0 Å². The number of hydrogen-bond acceptors (Lipinski definition) is 6. The minimum Gasteiger partial charge on any atom is -0.367 e. The first-order valence-corrected chi connectivity index (χ1v) is 8.41. The first kappa shape index (κ1) is 20.6. The topological polar surface area (TPSA) is 107 Å². The molecule has 0 radical (unpaired) electrons. The Balaban J connectivity index is 0.000000505. The van der Waals surface area contributed by atoms with Crippen molar-refractivity contribution in [2.45, 2.75) is 64.8 Å². The van der Waals surface area contributed by atoms with E-state index in [0.717, 1.165) is 25.1 Å². The third-order valence-electron chi connectivity index (χ3n) is 3.22. The summed E-state index contributed by atoms with van der Waals surface area (Å²) in [5.74, 6) is -0.535. The Kier molecular flexibility index (Phi) is 7.86. The van der Waals surface area contributed by atoms with E-state index in [1.165, 1.54) is 20.2 Å². The van der Waals surface area contributed by atoms with Gasteiger partial charge < -0.3 is 20.8 Å². The highest BCUT2D eigenvalue weighted by Gasteiger charge is 2.30. The molecule has 1 amide bonds. The van der Waals surface area contributed by atoms with Crippen LogP contribution >= 0.6 is 11.6 Å². The Morgan fingerprint density at radius 3 is 2.50 bits per heavy atom. The van der Waals surface area contributed by atoms with Crippen LogP contribution in [-0.2, 0) is 4.79 Å². The van der Waals surface area contributed by atoms with Gasteiger partial charge in [0.1, 0.15) is 17.3 Å². The van der Waals surface area contributed by atoms with Gasteiger partial charge in [-0.1, -0.05) is 11.6 Å². The molecule has 1 saturated carbocycles. The number of anilines is 1. The van der Waals surface area contributed by atoms with Crippen molar-refractivity contribution in [1.82, 2.24) is 15.3 Å². The largest absolute Gasteiger partial charge is 0.367 e. The first-order chi connectivity index (χ1) is 11.0. The lowest BCUT2D eigenvalue weighted by atomic mass is 10.1. The van der Waals surface area contributed by atoms with Crippen molar-refractivity contribution in [3.63, 3.8) is 0 Å². The molecule has 0 saturated heterocycles. The Morgan fingerprint density at radius 2 is 1.96 bits per heavy atom. The van der Waals surface area contributed by atoms with Crippen molar-refractivity contribution >= 4 is 23.3 Å². The van der Waals surface area contributed by atoms with E-state index in [2.05, 4.69) is 20.6 Å². The van der Waals surface area contributed by atoms with E-state index in [0.29, 0.717) is 5.15 Å². The summed E-state index contributed by atoms with van der Waals surface area (Å²) in [5.41, 5.74) is 0. The molecule has 2 unspecified atom stereocenters. The van der Waals surface area contributed by atoms with Crippen molar-refractivity contribution in [3.05, 3.63) is 17.5 Å². The van der Waals surface area contributed by atoms with Gasteiger partial charge in [-0.05, 0) is 47.0 Å². The Hall–Kier alpha value is -1.44. The summed E-state index contributed by atoms with van der Waals surface area (Å²) in [5, 5.41) is 22.8. The van der Waals surface area contributed by atoms with Crippen LogP contribution < -0.4 is 10.6 Å². The highest BCUT2D eigenvalue weighted by molar-refractivity contribution is 6.29. The minimum absolute atomic E-state index is 0.0946. The number of carbonyl (C=O) groups excluding carboxylic acids is 1. The third kappa shape index (κ3) is 9.00. The van der Waals surface area contributed by atoms with Crippen LogP contribution in [0.1, 0.15) is 47.0 Å². The van der Waals surface area contributed by atoms with Gasteiger partial charge in [-0.2, -0.15) is 0 Å². The van der Waals surface area contributed by atoms with Gasteiger partial charge in [0.2, 0.25) is 5.91 Å². The van der Waals surface area contributed by atoms with Crippen LogP contribution in [0.5, 0.6) is 0 Å². The lowest BCUT2D eigenvalue weighted by Gasteiger charge is -2.15. The molecule has 8 heteroatoms. The van der Waals surface area contributed by atoms with E-state index in [9.17, 15) is 4.79 Å². The molecule has 1 aromatic rings. The monoisotopic (exact) mass is 358 g/mol. The molecule has 1 aliphatic rings. The summed E-state index contributed by atoms with van der Waals surface area (Å²) in [6, 6.07) is 2.16. The summed E-state index contributed by atoms with van der Waals surface area (Å²) < 4.78 is 0. The second-order valence-electron chi connectivity index (χ2n) is 6.73. The molecule has 0 spiro atoms. The molecule has 0 aromatic carbocycles. The summed E-state index contributed by atoms with van der Waals surface area (Å²) in [6.45, 7) is 6.55. The maximum absolute atomic E-state index is 11.9. The quantitative estimate of drug-likeness (QED) is 0.484. The van der Waals surface area contributed by atoms with Crippen LogP contribution in [0.4, 0.5) is 5.82 Å². The number of rotatable bonds is 4. The molecular formula is C16H27ClN4O3. The van der Waals surface area contributed by atoms with Crippen molar-refractivity contribution < 1.29 is 15.0 Å². The zero-order valence-electron chi connectivity index (χ0n) is 14.6. The lowest BCUT2D eigenvalue weighted by Crippen LogP contribution is -2.35. The van der Waals surface area contributed by atoms with Crippen LogP contribution in [0, 0.1) is 5.92 Å². The lowest BCUT2D eigenvalue weighted by molar-refractivity contribution is -0.127. The number of nitrogens with zero attached hydrogens (tertiary/aromatic N) is 2. The molecule has 0 aliphatic heterocycles. The number of aromatic nitrogens is 2. The number of aliphatic hydroxyl groups is 2. The predicted octanol–water partition coefficient (Wildman–Crippen LogP) is 1.94. The maximum Gasteiger partial charge on any atom is 0.223 e. The standard InChI is InChI=1S/C13H19ClN4O.C3H8O2/c1-8(2)17-13(19)9-3-4-10(5-9)18-12-6-11(14)15-7-16-12;1-3(2,4)5/h6-10H,3-5H2,1-2H3,(H,17,19)(H,15,16,18);4-5H,1-2H3. The molecule has 1 heterocycles. The molecule has 0 bridgehead atoms. The average Bonchev–Trinajstić information content (AvgIpc) is 2.84. The van der Waals surface area contributed by atoms with Crippen molar-refractivity contribution in [1.29, 1.82) is 0 Å². The summed E-state index contributed by atoms with van der Waals surface area (Å²) in [6.07, 6.45) is 4.15. The summed E-state index contributed by atoms with van der Waals surface area (Å²) in [7, 11) is 0. The van der Waals surface area contributed by atoms with E-state index in [1.54, 1.807) is 6.07 Å². The van der Waals surface area contributed by atoms with E-state index >= 15 is 0 Å². The molecule has 1 aromatic heterocycles.